The van der Waals surface area contributed by atoms with Crippen LogP contribution in [0.3, 0.4) is 0 Å². The van der Waals surface area contributed by atoms with Crippen LogP contribution in [0, 0.1) is 0 Å². The molecule has 0 bridgehead atoms. The lowest BCUT2D eigenvalue weighted by Gasteiger charge is -2.05. The van der Waals surface area contributed by atoms with Gasteiger partial charge in [-0.1, -0.05) is 12.1 Å². The summed E-state index contributed by atoms with van der Waals surface area (Å²) in [6.07, 6.45) is 0. The van der Waals surface area contributed by atoms with Crippen molar-refractivity contribution in [2.75, 3.05) is 0 Å². The molecule has 0 spiro atoms. The van der Waals surface area contributed by atoms with Gasteiger partial charge in [-0.3, -0.25) is 9.89 Å². The van der Waals surface area contributed by atoms with E-state index in [1.165, 1.54) is 12.1 Å². The summed E-state index contributed by atoms with van der Waals surface area (Å²) in [6.45, 7) is -0.568. The fourth-order valence-electron chi connectivity index (χ4n) is 1.43. The number of nitrogens with zero attached hydrogens (tertiary/aromatic N) is 1. The molecule has 0 fully saturated rings. The predicted molar refractivity (Wildman–Crippen MR) is 55.6 cm³/mol. The Kier molecular flexibility index (Phi) is 2.41. The predicted octanol–water partition coefficient (Wildman–Crippen LogP) is 0.0691. The number of phenols is 1. The number of aromatic amines is 1. The molecule has 84 valence electrons. The minimum atomic E-state index is -0.594. The third-order valence-electron chi connectivity index (χ3n) is 2.25. The number of aromatic hydroxyl groups is 2. The number of aliphatic hydroxyl groups excluding tert-OH is 1. The van der Waals surface area contributed by atoms with Crippen molar-refractivity contribution < 1.29 is 15.3 Å². The van der Waals surface area contributed by atoms with Crippen molar-refractivity contribution in [3.8, 4) is 17.3 Å². The van der Waals surface area contributed by atoms with E-state index < -0.39 is 18.0 Å². The Labute approximate surface area is 90.0 Å². The molecule has 6 nitrogen and oxygen atoms in total. The quantitative estimate of drug-likeness (QED) is 0.577. The maximum absolute atomic E-state index is 11.3. The topological polar surface area (TPSA) is 98.5 Å². The van der Waals surface area contributed by atoms with Crippen LogP contribution in [0.1, 0.15) is 5.56 Å². The molecular weight excluding hydrogens is 212 g/mol. The number of nitrogens with one attached hydrogen (secondary N) is 1. The summed E-state index contributed by atoms with van der Waals surface area (Å²) < 4.78 is 1.02. The summed E-state index contributed by atoms with van der Waals surface area (Å²) >= 11 is 0. The first-order chi connectivity index (χ1) is 7.65. The number of aliphatic hydroxyl groups is 1. The van der Waals surface area contributed by atoms with Crippen molar-refractivity contribution in [3.05, 3.63) is 40.2 Å². The average molecular weight is 222 g/mol. The molecule has 0 unspecified atom stereocenters. The van der Waals surface area contributed by atoms with Gasteiger partial charge in [0.1, 0.15) is 17.0 Å². The smallest absolute Gasteiger partial charge is 0.273 e. The number of hydrogen-bond donors (Lipinski definition) is 4. The molecule has 0 saturated heterocycles. The highest BCUT2D eigenvalue weighted by atomic mass is 16.3. The SMILES string of the molecule is O=c1[nH]n(-c2ccccc2O)c(O)c1CO. The molecule has 6 heteroatoms. The van der Waals surface area contributed by atoms with Gasteiger partial charge in [0, 0.05) is 0 Å². The number of H-pyrrole nitrogens is 1. The first kappa shape index (κ1) is 10.3. The van der Waals surface area contributed by atoms with Crippen LogP contribution < -0.4 is 5.56 Å². The molecule has 0 radical (unpaired) electrons. The van der Waals surface area contributed by atoms with Crippen molar-refractivity contribution in [2.45, 2.75) is 6.61 Å². The zero-order chi connectivity index (χ0) is 11.7. The molecule has 1 aromatic heterocycles. The molecule has 4 N–H and O–H groups in total. The van der Waals surface area contributed by atoms with Crippen molar-refractivity contribution in [1.29, 1.82) is 0 Å². The summed E-state index contributed by atoms with van der Waals surface area (Å²) in [5.74, 6) is -0.498. The van der Waals surface area contributed by atoms with Crippen molar-refractivity contribution in [2.24, 2.45) is 0 Å². The van der Waals surface area contributed by atoms with Gasteiger partial charge in [0.2, 0.25) is 5.88 Å². The third kappa shape index (κ3) is 1.45. The summed E-state index contributed by atoms with van der Waals surface area (Å²) in [5, 5.41) is 30.4. The third-order valence-corrected chi connectivity index (χ3v) is 2.25. The zero-order valence-corrected chi connectivity index (χ0v) is 8.21. The van der Waals surface area contributed by atoms with Gasteiger partial charge in [-0.25, -0.2) is 4.68 Å². The van der Waals surface area contributed by atoms with E-state index in [4.69, 9.17) is 5.11 Å². The summed E-state index contributed by atoms with van der Waals surface area (Å²) in [4.78, 5) is 11.3. The number of aromatic nitrogens is 2. The Morgan fingerprint density at radius 3 is 2.50 bits per heavy atom. The molecule has 1 aromatic carbocycles. The van der Waals surface area contributed by atoms with Gasteiger partial charge in [-0.15, -0.1) is 0 Å². The van der Waals surface area contributed by atoms with E-state index in [1.807, 2.05) is 0 Å². The molecule has 0 saturated carbocycles. The molecule has 2 rings (SSSR count). The highest BCUT2D eigenvalue weighted by Crippen LogP contribution is 2.24. The minimum absolute atomic E-state index is 0.0893. The molecular formula is C10H10N2O4. The van der Waals surface area contributed by atoms with Crippen molar-refractivity contribution >= 4 is 0 Å². The van der Waals surface area contributed by atoms with E-state index in [9.17, 15) is 15.0 Å². The van der Waals surface area contributed by atoms with E-state index in [2.05, 4.69) is 5.10 Å². The number of rotatable bonds is 2. The number of para-hydroxylation sites is 2. The summed E-state index contributed by atoms with van der Waals surface area (Å²) in [6, 6.07) is 6.20. The lowest BCUT2D eigenvalue weighted by molar-refractivity contribution is 0.273. The molecule has 1 heterocycles. The van der Waals surface area contributed by atoms with Gasteiger partial charge >= 0.3 is 0 Å². The van der Waals surface area contributed by atoms with Crippen LogP contribution in [0.25, 0.3) is 5.69 Å². The molecule has 0 atom stereocenters. The fraction of sp³-hybridized carbons (Fsp3) is 0.100. The Bertz CT molecular complexity index is 570. The minimum Gasteiger partial charge on any atom is -0.506 e. The molecule has 0 aliphatic rings. The lowest BCUT2D eigenvalue weighted by atomic mass is 10.3. The second-order valence-corrected chi connectivity index (χ2v) is 3.23. The Morgan fingerprint density at radius 2 is 1.94 bits per heavy atom. The molecule has 0 aliphatic carbocycles. The molecule has 16 heavy (non-hydrogen) atoms. The first-order valence-corrected chi connectivity index (χ1v) is 4.57. The van der Waals surface area contributed by atoms with Crippen LogP contribution in [0.15, 0.2) is 29.1 Å². The van der Waals surface area contributed by atoms with E-state index >= 15 is 0 Å². The van der Waals surface area contributed by atoms with Gasteiger partial charge in [0.25, 0.3) is 5.56 Å². The van der Waals surface area contributed by atoms with Crippen LogP contribution >= 0.6 is 0 Å². The van der Waals surface area contributed by atoms with Crippen LogP contribution in [0.4, 0.5) is 0 Å². The monoisotopic (exact) mass is 222 g/mol. The van der Waals surface area contributed by atoms with E-state index in [1.54, 1.807) is 12.1 Å². The van der Waals surface area contributed by atoms with Crippen LogP contribution in [-0.2, 0) is 6.61 Å². The lowest BCUT2D eigenvalue weighted by Crippen LogP contribution is -2.07. The Balaban J connectivity index is 2.66. The second kappa shape index (κ2) is 3.74. The van der Waals surface area contributed by atoms with Crippen LogP contribution in [0.2, 0.25) is 0 Å². The zero-order valence-electron chi connectivity index (χ0n) is 8.21. The highest BCUT2D eigenvalue weighted by Gasteiger charge is 2.15. The average Bonchev–Trinajstić information content (AvgIpc) is 2.55. The standard InChI is InChI=1S/C10H10N2O4/c13-5-6-9(15)11-12(10(6)16)7-3-1-2-4-8(7)14/h1-4,13-14,16H,5H2,(H,11,15). The van der Waals surface area contributed by atoms with Crippen molar-refractivity contribution in [3.63, 3.8) is 0 Å². The largest absolute Gasteiger partial charge is 0.506 e. The van der Waals surface area contributed by atoms with Crippen molar-refractivity contribution in [1.82, 2.24) is 9.78 Å². The van der Waals surface area contributed by atoms with Gasteiger partial charge in [0.05, 0.1) is 6.61 Å². The summed E-state index contributed by atoms with van der Waals surface area (Å²) in [7, 11) is 0. The van der Waals surface area contributed by atoms with E-state index in [0.29, 0.717) is 0 Å². The highest BCUT2D eigenvalue weighted by molar-refractivity contribution is 5.47. The second-order valence-electron chi connectivity index (χ2n) is 3.23. The number of phenolic OH excluding ortho intramolecular Hbond substituents is 1. The normalized spacial score (nSPS) is 10.6. The van der Waals surface area contributed by atoms with Gasteiger partial charge in [-0.2, -0.15) is 0 Å². The number of benzene rings is 1. The van der Waals surface area contributed by atoms with Crippen LogP contribution in [0.5, 0.6) is 11.6 Å². The maximum Gasteiger partial charge on any atom is 0.273 e. The van der Waals surface area contributed by atoms with Gasteiger partial charge < -0.3 is 15.3 Å². The Morgan fingerprint density at radius 1 is 1.25 bits per heavy atom. The van der Waals surface area contributed by atoms with E-state index in [-0.39, 0.29) is 17.0 Å². The first-order valence-electron chi connectivity index (χ1n) is 4.57. The molecule has 0 amide bonds. The van der Waals surface area contributed by atoms with Gasteiger partial charge in [0.15, 0.2) is 0 Å². The van der Waals surface area contributed by atoms with Crippen LogP contribution in [-0.4, -0.2) is 25.1 Å². The van der Waals surface area contributed by atoms with Gasteiger partial charge in [-0.05, 0) is 12.1 Å². The van der Waals surface area contributed by atoms with E-state index in [0.717, 1.165) is 4.68 Å². The number of hydrogen-bond acceptors (Lipinski definition) is 4. The maximum atomic E-state index is 11.3. The fourth-order valence-corrected chi connectivity index (χ4v) is 1.43. The Hall–Kier alpha value is -2.21. The summed E-state index contributed by atoms with van der Waals surface area (Å²) in [5.41, 5.74) is -0.497. The molecule has 2 aromatic rings. The molecule has 0 aliphatic heterocycles.